The summed E-state index contributed by atoms with van der Waals surface area (Å²) >= 11 is 6.41. The first-order valence-corrected chi connectivity index (χ1v) is 12.1. The molecule has 2 fully saturated rings. The third-order valence-electron chi connectivity index (χ3n) is 7.22. The van der Waals surface area contributed by atoms with Gasteiger partial charge in [-0.3, -0.25) is 14.4 Å². The maximum atomic E-state index is 14.0. The summed E-state index contributed by atoms with van der Waals surface area (Å²) in [4.78, 5) is 46.1. The second-order valence-corrected chi connectivity index (χ2v) is 9.52. The van der Waals surface area contributed by atoms with Gasteiger partial charge in [-0.2, -0.15) is 0 Å². The summed E-state index contributed by atoms with van der Waals surface area (Å²) in [5.74, 6) is -2.40. The van der Waals surface area contributed by atoms with Crippen molar-refractivity contribution in [3.63, 3.8) is 0 Å². The standard InChI is InChI=1S/C25H28ClN3O5/c1-2-11-27-12-5-9-18-19(22(27)31)20-23(32)29(14-15-30)21-24(33)28(13-6-10-25(20,21)34-18)17-8-4-3-7-16(17)26/h3-10,18-21,30H,2,11-15H2,1H3/t18-,19+,20+,21?,25+/m1/s1. The number of β-amino-alcohol motifs (C(OH)–C–C–N with tert-alkyl or cyclic N) is 1. The largest absolute Gasteiger partial charge is 0.395 e. The van der Waals surface area contributed by atoms with Crippen LogP contribution in [0.2, 0.25) is 5.02 Å². The van der Waals surface area contributed by atoms with E-state index >= 15 is 0 Å². The average molecular weight is 486 g/mol. The molecule has 0 saturated carbocycles. The Balaban J connectivity index is 1.61. The minimum Gasteiger partial charge on any atom is -0.395 e. The smallest absolute Gasteiger partial charge is 0.253 e. The number of hydrogen-bond acceptors (Lipinski definition) is 5. The van der Waals surface area contributed by atoms with Gasteiger partial charge in [-0.15, -0.1) is 0 Å². The normalized spacial score (nSPS) is 32.6. The van der Waals surface area contributed by atoms with Crippen molar-refractivity contribution in [1.82, 2.24) is 9.80 Å². The zero-order chi connectivity index (χ0) is 24.0. The van der Waals surface area contributed by atoms with Crippen LogP contribution in [0.3, 0.4) is 0 Å². The van der Waals surface area contributed by atoms with Crippen molar-refractivity contribution >= 4 is 35.0 Å². The summed E-state index contributed by atoms with van der Waals surface area (Å²) in [6.45, 7) is 2.97. The highest BCUT2D eigenvalue weighted by Gasteiger charge is 2.71. The molecule has 1 aromatic carbocycles. The van der Waals surface area contributed by atoms with Crippen molar-refractivity contribution in [2.24, 2.45) is 11.8 Å². The lowest BCUT2D eigenvalue weighted by atomic mass is 9.77. The molecule has 0 bridgehead atoms. The first kappa shape index (κ1) is 23.1. The second-order valence-electron chi connectivity index (χ2n) is 9.11. The van der Waals surface area contributed by atoms with Gasteiger partial charge < -0.3 is 24.5 Å². The van der Waals surface area contributed by atoms with Crippen LogP contribution in [0.15, 0.2) is 48.6 Å². The zero-order valence-electron chi connectivity index (χ0n) is 19.0. The fraction of sp³-hybridized carbons (Fsp3) is 0.480. The molecule has 4 aliphatic heterocycles. The molecule has 1 aromatic rings. The molecule has 4 heterocycles. The molecule has 2 saturated heterocycles. The lowest BCUT2D eigenvalue weighted by Gasteiger charge is -2.35. The van der Waals surface area contributed by atoms with E-state index in [1.807, 2.05) is 25.2 Å². The van der Waals surface area contributed by atoms with Crippen LogP contribution in [0.25, 0.3) is 0 Å². The van der Waals surface area contributed by atoms with E-state index in [4.69, 9.17) is 16.3 Å². The number of likely N-dealkylation sites (tertiary alicyclic amines) is 1. The number of para-hydroxylation sites is 1. The van der Waals surface area contributed by atoms with E-state index in [9.17, 15) is 19.5 Å². The zero-order valence-corrected chi connectivity index (χ0v) is 19.7. The van der Waals surface area contributed by atoms with Crippen molar-refractivity contribution in [3.05, 3.63) is 53.6 Å². The Morgan fingerprint density at radius 3 is 2.62 bits per heavy atom. The minimum atomic E-state index is -1.30. The Morgan fingerprint density at radius 2 is 1.88 bits per heavy atom. The van der Waals surface area contributed by atoms with Gasteiger partial charge in [0.25, 0.3) is 5.91 Å². The van der Waals surface area contributed by atoms with Gasteiger partial charge in [-0.1, -0.05) is 55.0 Å². The lowest BCUT2D eigenvalue weighted by molar-refractivity contribution is -0.144. The first-order chi connectivity index (χ1) is 16.4. The number of hydrogen-bond donors (Lipinski definition) is 1. The number of aliphatic hydroxyl groups is 1. The molecule has 1 unspecified atom stereocenters. The molecular weight excluding hydrogens is 458 g/mol. The van der Waals surface area contributed by atoms with Crippen LogP contribution in [0.1, 0.15) is 13.3 Å². The lowest BCUT2D eigenvalue weighted by Crippen LogP contribution is -2.55. The minimum absolute atomic E-state index is 0.0266. The van der Waals surface area contributed by atoms with Crippen LogP contribution < -0.4 is 4.90 Å². The van der Waals surface area contributed by atoms with Gasteiger partial charge in [0.1, 0.15) is 11.6 Å². The molecule has 0 radical (unpaired) electrons. The number of anilines is 1. The highest BCUT2D eigenvalue weighted by atomic mass is 35.5. The van der Waals surface area contributed by atoms with Gasteiger partial charge in [0.2, 0.25) is 11.8 Å². The predicted molar refractivity (Wildman–Crippen MR) is 126 cm³/mol. The van der Waals surface area contributed by atoms with Crippen molar-refractivity contribution in [2.75, 3.05) is 37.7 Å². The molecule has 5 rings (SSSR count). The van der Waals surface area contributed by atoms with E-state index in [1.165, 1.54) is 9.80 Å². The number of carbonyl (C=O) groups excluding carboxylic acids is 3. The quantitative estimate of drug-likeness (QED) is 0.640. The number of ether oxygens (including phenoxy) is 1. The van der Waals surface area contributed by atoms with E-state index in [0.717, 1.165) is 6.42 Å². The molecule has 3 amide bonds. The monoisotopic (exact) mass is 485 g/mol. The van der Waals surface area contributed by atoms with Crippen molar-refractivity contribution in [3.8, 4) is 0 Å². The van der Waals surface area contributed by atoms with Crippen molar-refractivity contribution in [2.45, 2.75) is 31.1 Å². The average Bonchev–Trinajstić information content (AvgIpc) is 3.13. The van der Waals surface area contributed by atoms with Gasteiger partial charge in [0, 0.05) is 26.2 Å². The number of nitrogens with zero attached hydrogens (tertiary/aromatic N) is 3. The third-order valence-corrected chi connectivity index (χ3v) is 7.54. The van der Waals surface area contributed by atoms with Crippen LogP contribution in [0.5, 0.6) is 0 Å². The highest BCUT2D eigenvalue weighted by molar-refractivity contribution is 6.34. The molecule has 8 nitrogen and oxygen atoms in total. The highest BCUT2D eigenvalue weighted by Crippen LogP contribution is 2.53. The first-order valence-electron chi connectivity index (χ1n) is 11.7. The molecule has 1 spiro atoms. The summed E-state index contributed by atoms with van der Waals surface area (Å²) in [7, 11) is 0. The Hall–Kier alpha value is -2.68. The molecule has 0 aliphatic carbocycles. The maximum absolute atomic E-state index is 14.0. The summed E-state index contributed by atoms with van der Waals surface area (Å²) < 4.78 is 6.52. The third kappa shape index (κ3) is 3.31. The number of amides is 3. The summed E-state index contributed by atoms with van der Waals surface area (Å²) in [5, 5.41) is 10.2. The van der Waals surface area contributed by atoms with Gasteiger partial charge >= 0.3 is 0 Å². The fourth-order valence-corrected chi connectivity index (χ4v) is 6.13. The molecular formula is C25H28ClN3O5. The summed E-state index contributed by atoms with van der Waals surface area (Å²) in [6, 6.07) is 6.03. The van der Waals surface area contributed by atoms with Crippen LogP contribution in [-0.2, 0) is 19.1 Å². The van der Waals surface area contributed by atoms with Crippen LogP contribution in [0.4, 0.5) is 5.69 Å². The Labute approximate surface area is 203 Å². The summed E-state index contributed by atoms with van der Waals surface area (Å²) in [5.41, 5.74) is -0.766. The predicted octanol–water partition coefficient (Wildman–Crippen LogP) is 1.62. The Bertz CT molecular complexity index is 1070. The molecule has 5 atom stereocenters. The number of halogens is 1. The van der Waals surface area contributed by atoms with E-state index in [0.29, 0.717) is 23.8 Å². The molecule has 34 heavy (non-hydrogen) atoms. The Morgan fingerprint density at radius 1 is 1.09 bits per heavy atom. The van der Waals surface area contributed by atoms with E-state index in [-0.39, 0.29) is 37.4 Å². The van der Waals surface area contributed by atoms with Crippen LogP contribution in [-0.4, -0.2) is 83.2 Å². The second kappa shape index (κ2) is 8.83. The summed E-state index contributed by atoms with van der Waals surface area (Å²) in [6.07, 6.45) is 7.54. The van der Waals surface area contributed by atoms with Gasteiger partial charge in [0.15, 0.2) is 0 Å². The molecule has 1 N–H and O–H groups in total. The number of fused-ring (bicyclic) bond motifs is 2. The van der Waals surface area contributed by atoms with E-state index in [1.54, 1.807) is 35.2 Å². The molecule has 4 aliphatic rings. The topological polar surface area (TPSA) is 90.4 Å². The van der Waals surface area contributed by atoms with Crippen LogP contribution >= 0.6 is 11.6 Å². The van der Waals surface area contributed by atoms with E-state index < -0.39 is 29.6 Å². The molecule has 0 aromatic heterocycles. The van der Waals surface area contributed by atoms with E-state index in [2.05, 4.69) is 0 Å². The van der Waals surface area contributed by atoms with Gasteiger partial charge in [0.05, 0.1) is 35.3 Å². The maximum Gasteiger partial charge on any atom is 0.253 e. The van der Waals surface area contributed by atoms with Gasteiger partial charge in [-0.25, -0.2) is 0 Å². The van der Waals surface area contributed by atoms with Crippen LogP contribution in [0, 0.1) is 11.8 Å². The molecule has 9 heteroatoms. The number of rotatable bonds is 5. The fourth-order valence-electron chi connectivity index (χ4n) is 5.89. The number of aliphatic hydroxyl groups excluding tert-OH is 1. The number of benzene rings is 1. The molecule has 180 valence electrons. The van der Waals surface area contributed by atoms with Crippen molar-refractivity contribution < 1.29 is 24.2 Å². The SMILES string of the molecule is CCCN1CC=C[C@H]2O[C@]34C=CCN(c5ccccc5Cl)C(=O)C3N(CCO)C(=O)[C@@H]4[C@H]2C1=O. The Kier molecular flexibility index (Phi) is 6.00. The number of carbonyl (C=O) groups is 3. The van der Waals surface area contributed by atoms with Gasteiger partial charge in [-0.05, 0) is 18.6 Å². The van der Waals surface area contributed by atoms with Crippen molar-refractivity contribution in [1.29, 1.82) is 0 Å².